The van der Waals surface area contributed by atoms with Crippen LogP contribution in [0.4, 0.5) is 13.2 Å². The van der Waals surface area contributed by atoms with Gasteiger partial charge in [0.1, 0.15) is 0 Å². The van der Waals surface area contributed by atoms with Gasteiger partial charge in [0.2, 0.25) is 0 Å². The largest absolute Gasteiger partial charge is 0.516 e. The van der Waals surface area contributed by atoms with E-state index in [-0.39, 0.29) is 23.3 Å². The number of hydrogen-bond acceptors (Lipinski definition) is 3. The molecular weight excluding hydrogens is 355 g/mol. The summed E-state index contributed by atoms with van der Waals surface area (Å²) in [5, 5.41) is 0. The second-order valence-corrected chi connectivity index (χ2v) is 8.59. The van der Waals surface area contributed by atoms with Gasteiger partial charge in [0.05, 0.1) is 0 Å². The fraction of sp³-hybridized carbons (Fsp3) is 0.588. The summed E-state index contributed by atoms with van der Waals surface area (Å²) in [4.78, 5) is 12.4. The average Bonchev–Trinajstić information content (AvgIpc) is 2.43. The van der Waals surface area contributed by atoms with Crippen LogP contribution in [0, 0.1) is 0 Å². The Morgan fingerprint density at radius 1 is 0.920 bits per heavy atom. The highest BCUT2D eigenvalue weighted by Crippen LogP contribution is 2.32. The van der Waals surface area contributed by atoms with Crippen molar-refractivity contribution in [3.8, 4) is 0 Å². The van der Waals surface area contributed by atoms with Crippen LogP contribution in [0.1, 0.15) is 86.3 Å². The molecule has 0 aliphatic carbocycles. The predicted molar refractivity (Wildman–Crippen MR) is 91.2 cm³/mol. The maximum absolute atomic E-state index is 12.6. The number of halogens is 3. The van der Waals surface area contributed by atoms with Gasteiger partial charge in [-0.25, -0.2) is 4.72 Å². The van der Waals surface area contributed by atoms with E-state index in [0.717, 1.165) is 10.3 Å². The highest BCUT2D eigenvalue weighted by molar-refractivity contribution is 7.90. The molecule has 4 nitrogen and oxygen atoms in total. The predicted octanol–water partition coefficient (Wildman–Crippen LogP) is 4.64. The smallest absolute Gasteiger partial charge is 0.268 e. The first-order valence-corrected chi connectivity index (χ1v) is 9.48. The van der Waals surface area contributed by atoms with E-state index in [0.29, 0.717) is 11.1 Å². The van der Waals surface area contributed by atoms with Crippen molar-refractivity contribution in [1.82, 2.24) is 4.72 Å². The minimum Gasteiger partial charge on any atom is -0.268 e. The van der Waals surface area contributed by atoms with Gasteiger partial charge in [-0.15, -0.1) is 0 Å². The molecule has 0 radical (unpaired) electrons. The molecule has 1 rings (SSSR count). The van der Waals surface area contributed by atoms with Gasteiger partial charge in [0.25, 0.3) is 5.91 Å². The first-order valence-electron chi connectivity index (χ1n) is 8.00. The lowest BCUT2D eigenvalue weighted by atomic mass is 9.84. The Labute approximate surface area is 146 Å². The SMILES string of the molecule is CC(C)c1cc(C(C)C)c(C(=O)NS(=O)(=O)C(F)(F)F)c(C(C)C)c1. The van der Waals surface area contributed by atoms with Gasteiger partial charge >= 0.3 is 15.5 Å². The molecule has 1 amide bonds. The van der Waals surface area contributed by atoms with Crippen LogP contribution < -0.4 is 4.72 Å². The van der Waals surface area contributed by atoms with Gasteiger partial charge in [-0.05, 0) is 34.4 Å². The summed E-state index contributed by atoms with van der Waals surface area (Å²) in [5.74, 6) is -1.41. The molecule has 0 spiro atoms. The lowest BCUT2D eigenvalue weighted by Gasteiger charge is -2.22. The average molecular weight is 379 g/mol. The Bertz CT molecular complexity index is 722. The lowest BCUT2D eigenvalue weighted by molar-refractivity contribution is -0.0446. The zero-order chi connectivity index (χ0) is 19.7. The van der Waals surface area contributed by atoms with E-state index >= 15 is 0 Å². The van der Waals surface area contributed by atoms with E-state index in [4.69, 9.17) is 0 Å². The number of sulfonamides is 1. The Morgan fingerprint density at radius 3 is 1.60 bits per heavy atom. The third-order valence-electron chi connectivity index (χ3n) is 3.89. The van der Waals surface area contributed by atoms with Crippen molar-refractivity contribution in [1.29, 1.82) is 0 Å². The third kappa shape index (κ3) is 4.74. The van der Waals surface area contributed by atoms with Gasteiger partial charge in [-0.1, -0.05) is 53.7 Å². The second-order valence-electron chi connectivity index (χ2n) is 6.92. The zero-order valence-electron chi connectivity index (χ0n) is 15.2. The summed E-state index contributed by atoms with van der Waals surface area (Å²) >= 11 is 0. The van der Waals surface area contributed by atoms with E-state index in [9.17, 15) is 26.4 Å². The molecular formula is C17H24F3NO3S. The molecule has 1 aromatic carbocycles. The van der Waals surface area contributed by atoms with E-state index < -0.39 is 21.4 Å². The highest BCUT2D eigenvalue weighted by Gasteiger charge is 2.47. The van der Waals surface area contributed by atoms with Gasteiger partial charge in [0, 0.05) is 5.56 Å². The minimum atomic E-state index is -5.76. The van der Waals surface area contributed by atoms with Crippen LogP contribution in [0.5, 0.6) is 0 Å². The zero-order valence-corrected chi connectivity index (χ0v) is 16.0. The lowest BCUT2D eigenvalue weighted by Crippen LogP contribution is -2.41. The number of carbonyl (C=O) groups is 1. The molecule has 0 heterocycles. The molecule has 142 valence electrons. The van der Waals surface area contributed by atoms with E-state index in [1.165, 1.54) is 0 Å². The van der Waals surface area contributed by atoms with Crippen molar-refractivity contribution in [2.45, 2.75) is 64.8 Å². The fourth-order valence-corrected chi connectivity index (χ4v) is 2.91. The van der Waals surface area contributed by atoms with Gasteiger partial charge in [-0.3, -0.25) is 4.79 Å². The molecule has 25 heavy (non-hydrogen) atoms. The molecule has 1 aromatic rings. The van der Waals surface area contributed by atoms with Gasteiger partial charge in [0.15, 0.2) is 0 Å². The summed E-state index contributed by atoms with van der Waals surface area (Å²) in [6, 6.07) is 3.52. The number of alkyl halides is 3. The second kappa shape index (κ2) is 7.35. The number of hydrogen-bond donors (Lipinski definition) is 1. The molecule has 0 fully saturated rings. The molecule has 0 saturated carbocycles. The van der Waals surface area contributed by atoms with Gasteiger partial charge in [-0.2, -0.15) is 21.6 Å². The monoisotopic (exact) mass is 379 g/mol. The Morgan fingerprint density at radius 2 is 1.32 bits per heavy atom. The van der Waals surface area contributed by atoms with Crippen LogP contribution in [-0.4, -0.2) is 19.8 Å². The molecule has 0 saturated heterocycles. The third-order valence-corrected chi connectivity index (χ3v) is 4.95. The molecule has 1 N–H and O–H groups in total. The molecule has 0 aliphatic heterocycles. The maximum Gasteiger partial charge on any atom is 0.516 e. The van der Waals surface area contributed by atoms with Crippen LogP contribution in [0.15, 0.2) is 12.1 Å². The first kappa shape index (κ1) is 21.5. The first-order chi connectivity index (χ1) is 11.2. The van der Waals surface area contributed by atoms with Crippen LogP contribution >= 0.6 is 0 Å². The molecule has 0 bridgehead atoms. The molecule has 0 aromatic heterocycles. The molecule has 8 heteroatoms. The summed E-state index contributed by atoms with van der Waals surface area (Å²) in [7, 11) is -5.76. The van der Waals surface area contributed by atoms with Crippen molar-refractivity contribution in [2.24, 2.45) is 0 Å². The van der Waals surface area contributed by atoms with Gasteiger partial charge < -0.3 is 0 Å². The van der Waals surface area contributed by atoms with Crippen molar-refractivity contribution in [2.75, 3.05) is 0 Å². The Kier molecular flexibility index (Phi) is 6.32. The summed E-state index contributed by atoms with van der Waals surface area (Å²) in [6.45, 7) is 11.2. The maximum atomic E-state index is 12.6. The molecule has 0 unspecified atom stereocenters. The number of nitrogens with one attached hydrogen (secondary N) is 1. The summed E-state index contributed by atoms with van der Waals surface area (Å²) in [6.07, 6.45) is 0. The molecule has 0 atom stereocenters. The van der Waals surface area contributed by atoms with Crippen LogP contribution in [0.2, 0.25) is 0 Å². The number of carbonyl (C=O) groups excluding carboxylic acids is 1. The summed E-state index contributed by atoms with van der Waals surface area (Å²) in [5.41, 5.74) is -3.53. The van der Waals surface area contributed by atoms with Crippen LogP contribution in [0.3, 0.4) is 0 Å². The van der Waals surface area contributed by atoms with Crippen molar-refractivity contribution in [3.63, 3.8) is 0 Å². The van der Waals surface area contributed by atoms with Crippen molar-refractivity contribution < 1.29 is 26.4 Å². The van der Waals surface area contributed by atoms with Crippen molar-refractivity contribution in [3.05, 3.63) is 34.4 Å². The normalized spacial score (nSPS) is 13.0. The highest BCUT2D eigenvalue weighted by atomic mass is 32.2. The van der Waals surface area contributed by atoms with E-state index in [1.807, 2.05) is 13.8 Å². The van der Waals surface area contributed by atoms with Crippen molar-refractivity contribution >= 4 is 15.9 Å². The standard InChI is InChI=1S/C17H24F3NO3S/c1-9(2)12-7-13(10(3)4)15(14(8-12)11(5)6)16(22)21-25(23,24)17(18,19)20/h7-11H,1-6H3,(H,21,22). The van der Waals surface area contributed by atoms with E-state index in [2.05, 4.69) is 0 Å². The number of amides is 1. The Balaban J connectivity index is 3.59. The minimum absolute atomic E-state index is 0.00206. The van der Waals surface area contributed by atoms with Crippen LogP contribution in [-0.2, 0) is 10.0 Å². The molecule has 0 aliphatic rings. The fourth-order valence-electron chi connectivity index (χ4n) is 2.45. The van der Waals surface area contributed by atoms with E-state index in [1.54, 1.807) is 39.8 Å². The summed E-state index contributed by atoms with van der Waals surface area (Å²) < 4.78 is 61.6. The van der Waals surface area contributed by atoms with Crippen LogP contribution in [0.25, 0.3) is 0 Å². The topological polar surface area (TPSA) is 63.2 Å². The number of rotatable bonds is 5. The quantitative estimate of drug-likeness (QED) is 0.811. The Hall–Kier alpha value is -1.57. The number of benzene rings is 1.